The maximum Gasteiger partial charge on any atom is 0.344 e. The van der Waals surface area contributed by atoms with Gasteiger partial charge in [0, 0.05) is 12.0 Å². The molecule has 2 heterocycles. The van der Waals surface area contributed by atoms with Crippen molar-refractivity contribution in [3.8, 4) is 11.5 Å². The number of carbonyl (C=O) groups excluding carboxylic acids is 3. The average Bonchev–Trinajstić information content (AvgIpc) is 3.28. The topological polar surface area (TPSA) is 94.2 Å². The number of benzene rings is 2. The molecule has 30 heavy (non-hydrogen) atoms. The molecule has 0 unspecified atom stereocenters. The van der Waals surface area contributed by atoms with Gasteiger partial charge in [0.1, 0.15) is 11.6 Å². The molecule has 2 atom stereocenters. The molecule has 0 aliphatic carbocycles. The van der Waals surface area contributed by atoms with E-state index in [0.29, 0.717) is 28.4 Å². The molecule has 9 heteroatoms. The summed E-state index contributed by atoms with van der Waals surface area (Å²) in [6, 6.07) is 9.28. The van der Waals surface area contributed by atoms with Gasteiger partial charge in [0.15, 0.2) is 11.5 Å². The number of nitrogens with zero attached hydrogens (tertiary/aromatic N) is 1. The monoisotopic (exact) mass is 430 g/mol. The lowest BCUT2D eigenvalue weighted by Crippen LogP contribution is -2.43. The fourth-order valence-corrected chi connectivity index (χ4v) is 4.00. The molecule has 0 aromatic heterocycles. The van der Waals surface area contributed by atoms with Crippen LogP contribution in [0.2, 0.25) is 5.02 Å². The number of amides is 2. The molecule has 1 saturated heterocycles. The number of para-hydroxylation sites is 1. The first-order valence-electron chi connectivity index (χ1n) is 9.28. The van der Waals surface area contributed by atoms with Gasteiger partial charge >= 0.3 is 5.97 Å². The van der Waals surface area contributed by atoms with E-state index >= 15 is 0 Å². The van der Waals surface area contributed by atoms with Gasteiger partial charge in [0.05, 0.1) is 24.9 Å². The molecule has 0 saturated carbocycles. The Morgan fingerprint density at radius 2 is 1.93 bits per heavy atom. The van der Waals surface area contributed by atoms with Crippen molar-refractivity contribution in [2.24, 2.45) is 0 Å². The van der Waals surface area contributed by atoms with Crippen LogP contribution < -0.4 is 14.8 Å². The predicted molar refractivity (Wildman–Crippen MR) is 108 cm³/mol. The second-order valence-electron chi connectivity index (χ2n) is 6.85. The number of hydrogen-bond acceptors (Lipinski definition) is 6. The average molecular weight is 431 g/mol. The first-order chi connectivity index (χ1) is 14.5. The van der Waals surface area contributed by atoms with Crippen molar-refractivity contribution in [3.05, 3.63) is 52.5 Å². The molecule has 0 bridgehead atoms. The molecule has 1 N–H and O–H groups in total. The fourth-order valence-electron chi connectivity index (χ4n) is 3.82. The number of esters is 1. The third-order valence-corrected chi connectivity index (χ3v) is 5.54. The highest BCUT2D eigenvalue weighted by Gasteiger charge is 2.47. The van der Waals surface area contributed by atoms with Crippen LogP contribution >= 0.6 is 11.6 Å². The molecule has 2 aliphatic heterocycles. The van der Waals surface area contributed by atoms with Crippen molar-refractivity contribution < 1.29 is 28.6 Å². The highest BCUT2D eigenvalue weighted by atomic mass is 35.5. The van der Waals surface area contributed by atoms with Crippen molar-refractivity contribution in [1.82, 2.24) is 4.90 Å². The largest absolute Gasteiger partial charge is 0.493 e. The summed E-state index contributed by atoms with van der Waals surface area (Å²) in [6.45, 7) is 0. The molecule has 2 aliphatic rings. The van der Waals surface area contributed by atoms with E-state index in [4.69, 9.17) is 25.8 Å². The molecule has 4 rings (SSSR count). The van der Waals surface area contributed by atoms with Crippen LogP contribution in [0.3, 0.4) is 0 Å². The maximum atomic E-state index is 12.9. The summed E-state index contributed by atoms with van der Waals surface area (Å²) in [5, 5.41) is 3.14. The Labute approximate surface area is 177 Å². The standard InChI is InChI=1S/C21H19ClN2O6/c1-28-15-9-7-11-17(18(15)29-2)21(27)30-20(11)24-14(8-10-16(24)25)19(26)23-13-6-4-3-5-12(13)22/h3-7,9,14,20H,8,10H2,1-2H3,(H,23,26)/t14-,20-/m1/s1. The van der Waals surface area contributed by atoms with E-state index in [-0.39, 0.29) is 23.6 Å². The Morgan fingerprint density at radius 1 is 1.17 bits per heavy atom. The quantitative estimate of drug-likeness (QED) is 0.732. The Balaban J connectivity index is 1.67. The van der Waals surface area contributed by atoms with Crippen LogP contribution in [0.1, 0.15) is 35.0 Å². The number of ether oxygens (including phenoxy) is 3. The minimum absolute atomic E-state index is 0.164. The summed E-state index contributed by atoms with van der Waals surface area (Å²) in [4.78, 5) is 39.5. The summed E-state index contributed by atoms with van der Waals surface area (Å²) in [7, 11) is 2.88. The minimum Gasteiger partial charge on any atom is -0.493 e. The van der Waals surface area contributed by atoms with Crippen molar-refractivity contribution in [2.75, 3.05) is 19.5 Å². The number of nitrogens with one attached hydrogen (secondary N) is 1. The Morgan fingerprint density at radius 3 is 2.63 bits per heavy atom. The van der Waals surface area contributed by atoms with Crippen LogP contribution in [-0.2, 0) is 14.3 Å². The molecule has 8 nitrogen and oxygen atoms in total. The predicted octanol–water partition coefficient (Wildman–Crippen LogP) is 3.16. The number of fused-ring (bicyclic) bond motifs is 1. The van der Waals surface area contributed by atoms with E-state index in [1.165, 1.54) is 19.1 Å². The molecule has 2 amide bonds. The van der Waals surface area contributed by atoms with E-state index in [1.54, 1.807) is 36.4 Å². The maximum absolute atomic E-state index is 12.9. The number of hydrogen-bond donors (Lipinski definition) is 1. The van der Waals surface area contributed by atoms with Crippen LogP contribution in [-0.4, -0.2) is 42.9 Å². The van der Waals surface area contributed by atoms with Crippen LogP contribution in [0.25, 0.3) is 0 Å². The van der Waals surface area contributed by atoms with Crippen LogP contribution in [0.15, 0.2) is 36.4 Å². The van der Waals surface area contributed by atoms with E-state index in [2.05, 4.69) is 5.32 Å². The zero-order chi connectivity index (χ0) is 21.4. The lowest BCUT2D eigenvalue weighted by atomic mass is 10.1. The number of cyclic esters (lactones) is 1. The summed E-state index contributed by atoms with van der Waals surface area (Å²) in [6.07, 6.45) is -0.562. The molecule has 0 radical (unpaired) electrons. The molecular formula is C21H19ClN2O6. The van der Waals surface area contributed by atoms with Crippen molar-refractivity contribution in [1.29, 1.82) is 0 Å². The van der Waals surface area contributed by atoms with E-state index in [0.717, 1.165) is 0 Å². The Bertz CT molecular complexity index is 1040. The first kappa shape index (κ1) is 20.0. The van der Waals surface area contributed by atoms with Gasteiger partial charge in [-0.2, -0.15) is 0 Å². The van der Waals surface area contributed by atoms with Crippen LogP contribution in [0, 0.1) is 0 Å². The first-order valence-corrected chi connectivity index (χ1v) is 9.66. The van der Waals surface area contributed by atoms with Gasteiger partial charge in [-0.25, -0.2) is 4.79 Å². The summed E-state index contributed by atoms with van der Waals surface area (Å²) in [5.74, 6) is -0.731. The van der Waals surface area contributed by atoms with Crippen LogP contribution in [0.4, 0.5) is 5.69 Å². The van der Waals surface area contributed by atoms with Gasteiger partial charge in [-0.05, 0) is 30.7 Å². The van der Waals surface area contributed by atoms with Crippen molar-refractivity contribution in [2.45, 2.75) is 25.1 Å². The van der Waals surface area contributed by atoms with E-state index < -0.39 is 24.1 Å². The molecule has 2 aromatic rings. The SMILES string of the molecule is COc1ccc2c(c1OC)C(=O)O[C@H]2N1C(=O)CC[C@@H]1C(=O)Nc1ccccc1Cl. The normalized spacial score (nSPS) is 20.0. The van der Waals surface area contributed by atoms with E-state index in [9.17, 15) is 14.4 Å². The Hall–Kier alpha value is -3.26. The number of methoxy groups -OCH3 is 2. The van der Waals surface area contributed by atoms with Crippen LogP contribution in [0.5, 0.6) is 11.5 Å². The lowest BCUT2D eigenvalue weighted by Gasteiger charge is -2.29. The fraction of sp³-hybridized carbons (Fsp3) is 0.286. The zero-order valence-electron chi connectivity index (χ0n) is 16.3. The molecular weight excluding hydrogens is 412 g/mol. The number of rotatable bonds is 5. The van der Waals surface area contributed by atoms with Gasteiger partial charge in [-0.1, -0.05) is 23.7 Å². The summed E-state index contributed by atoms with van der Waals surface area (Å²) in [5.41, 5.74) is 1.08. The molecule has 156 valence electrons. The van der Waals surface area contributed by atoms with Gasteiger partial charge < -0.3 is 19.5 Å². The molecule has 2 aromatic carbocycles. The van der Waals surface area contributed by atoms with Crippen molar-refractivity contribution >= 4 is 35.1 Å². The van der Waals surface area contributed by atoms with Gasteiger partial charge in [0.25, 0.3) is 0 Å². The van der Waals surface area contributed by atoms with Gasteiger partial charge in [-0.15, -0.1) is 0 Å². The smallest absolute Gasteiger partial charge is 0.344 e. The van der Waals surface area contributed by atoms with Crippen molar-refractivity contribution in [3.63, 3.8) is 0 Å². The zero-order valence-corrected chi connectivity index (χ0v) is 17.1. The highest BCUT2D eigenvalue weighted by molar-refractivity contribution is 6.33. The number of likely N-dealkylation sites (tertiary alicyclic amines) is 1. The lowest BCUT2D eigenvalue weighted by molar-refractivity contribution is -0.144. The second kappa shape index (κ2) is 7.87. The van der Waals surface area contributed by atoms with E-state index in [1.807, 2.05) is 0 Å². The third kappa shape index (κ3) is 3.23. The number of anilines is 1. The minimum atomic E-state index is -1.02. The van der Waals surface area contributed by atoms with Gasteiger partial charge in [-0.3, -0.25) is 14.5 Å². The third-order valence-electron chi connectivity index (χ3n) is 5.21. The molecule has 1 fully saturated rings. The number of halogens is 1. The molecule has 0 spiro atoms. The second-order valence-corrected chi connectivity index (χ2v) is 7.25. The summed E-state index contributed by atoms with van der Waals surface area (Å²) >= 11 is 6.12. The highest BCUT2D eigenvalue weighted by Crippen LogP contribution is 2.45. The number of carbonyl (C=O) groups is 3. The van der Waals surface area contributed by atoms with Gasteiger partial charge in [0.2, 0.25) is 18.0 Å². The Kier molecular flexibility index (Phi) is 5.26. The summed E-state index contributed by atoms with van der Waals surface area (Å²) < 4.78 is 16.1.